The summed E-state index contributed by atoms with van der Waals surface area (Å²) in [5, 5.41) is 10.8. The number of carbonyl (C=O) groups is 2. The van der Waals surface area contributed by atoms with E-state index in [1.54, 1.807) is 28.4 Å². The Morgan fingerprint density at radius 3 is 3.12 bits per heavy atom. The Kier molecular flexibility index (Phi) is 6.35. The number of rotatable bonds is 6. The summed E-state index contributed by atoms with van der Waals surface area (Å²) in [6, 6.07) is 3.89. The smallest absolute Gasteiger partial charge is 0.232 e. The highest BCUT2D eigenvalue weighted by Crippen LogP contribution is 2.20. The molecule has 0 spiro atoms. The van der Waals surface area contributed by atoms with Crippen molar-refractivity contribution in [1.29, 1.82) is 0 Å². The van der Waals surface area contributed by atoms with Gasteiger partial charge in [-0.25, -0.2) is 0 Å². The molecule has 0 unspecified atom stereocenters. The molecule has 0 aliphatic carbocycles. The van der Waals surface area contributed by atoms with Crippen LogP contribution in [-0.4, -0.2) is 50.7 Å². The molecular formula is C16H19N5O2S2. The number of anilines is 1. The molecule has 1 N–H and O–H groups in total. The lowest BCUT2D eigenvalue weighted by Crippen LogP contribution is -2.44. The van der Waals surface area contributed by atoms with Crippen molar-refractivity contribution < 1.29 is 9.59 Å². The Balaban J connectivity index is 1.45. The standard InChI is InChI=1S/C16H19N5O2S2/c22-14(10-24-9-12-3-1-5-17-7-12)21-6-2-4-13(8-21)15(23)19-16-20-18-11-25-16/h1,3,5,7,11,13H,2,4,6,8-10H2,(H,19,20,23)/t13-/m1/s1. The minimum Gasteiger partial charge on any atom is -0.341 e. The molecule has 2 aromatic heterocycles. The third-order valence-electron chi connectivity index (χ3n) is 3.95. The molecule has 1 fully saturated rings. The number of nitrogens with zero attached hydrogens (tertiary/aromatic N) is 4. The second-order valence-electron chi connectivity index (χ2n) is 5.77. The Labute approximate surface area is 154 Å². The SMILES string of the molecule is O=C(Nc1nncs1)[C@@H]1CCCN(C(=O)CSCc2cccnc2)C1. The van der Waals surface area contributed by atoms with Crippen LogP contribution < -0.4 is 5.32 Å². The minimum absolute atomic E-state index is 0.0855. The first-order valence-electron chi connectivity index (χ1n) is 8.04. The zero-order valence-electron chi connectivity index (χ0n) is 13.6. The first-order valence-corrected chi connectivity index (χ1v) is 10.1. The fourth-order valence-electron chi connectivity index (χ4n) is 2.68. The molecule has 0 saturated carbocycles. The quantitative estimate of drug-likeness (QED) is 0.829. The first kappa shape index (κ1) is 17.8. The molecule has 132 valence electrons. The molecule has 1 aliphatic heterocycles. The molecule has 0 aromatic carbocycles. The van der Waals surface area contributed by atoms with E-state index in [2.05, 4.69) is 20.5 Å². The molecule has 9 heteroatoms. The van der Waals surface area contributed by atoms with Crippen molar-refractivity contribution in [2.75, 3.05) is 24.2 Å². The van der Waals surface area contributed by atoms with E-state index in [4.69, 9.17) is 0 Å². The highest BCUT2D eigenvalue weighted by Gasteiger charge is 2.28. The fourth-order valence-corrected chi connectivity index (χ4v) is 4.00. The molecule has 0 bridgehead atoms. The predicted molar refractivity (Wildman–Crippen MR) is 98.2 cm³/mol. The van der Waals surface area contributed by atoms with E-state index in [-0.39, 0.29) is 17.7 Å². The lowest BCUT2D eigenvalue weighted by atomic mass is 9.97. The number of amides is 2. The molecule has 2 amide bonds. The summed E-state index contributed by atoms with van der Waals surface area (Å²) in [7, 11) is 0. The van der Waals surface area contributed by atoms with E-state index in [0.717, 1.165) is 30.7 Å². The van der Waals surface area contributed by atoms with Crippen LogP contribution in [-0.2, 0) is 15.3 Å². The van der Waals surface area contributed by atoms with Crippen LogP contribution in [0.25, 0.3) is 0 Å². The number of piperidine rings is 1. The van der Waals surface area contributed by atoms with Crippen molar-refractivity contribution >= 4 is 40.0 Å². The lowest BCUT2D eigenvalue weighted by molar-refractivity contribution is -0.132. The molecule has 1 atom stereocenters. The second kappa shape index (κ2) is 8.91. The number of hydrogen-bond acceptors (Lipinski definition) is 7. The van der Waals surface area contributed by atoms with Crippen molar-refractivity contribution in [3.05, 3.63) is 35.6 Å². The van der Waals surface area contributed by atoms with Crippen LogP contribution in [0.15, 0.2) is 30.0 Å². The van der Waals surface area contributed by atoms with Crippen LogP contribution in [0.4, 0.5) is 5.13 Å². The molecule has 3 heterocycles. The van der Waals surface area contributed by atoms with Gasteiger partial charge in [0.25, 0.3) is 0 Å². The van der Waals surface area contributed by atoms with Gasteiger partial charge < -0.3 is 10.2 Å². The van der Waals surface area contributed by atoms with Crippen molar-refractivity contribution in [2.24, 2.45) is 5.92 Å². The number of pyridine rings is 1. The van der Waals surface area contributed by atoms with Gasteiger partial charge in [0, 0.05) is 31.2 Å². The Morgan fingerprint density at radius 2 is 2.36 bits per heavy atom. The van der Waals surface area contributed by atoms with Gasteiger partial charge in [-0.15, -0.1) is 22.0 Å². The molecule has 0 radical (unpaired) electrons. The predicted octanol–water partition coefficient (Wildman–Crippen LogP) is 2.04. The van der Waals surface area contributed by atoms with Crippen LogP contribution in [0, 0.1) is 5.92 Å². The van der Waals surface area contributed by atoms with Gasteiger partial charge in [-0.2, -0.15) is 0 Å². The number of thioether (sulfide) groups is 1. The van der Waals surface area contributed by atoms with Crippen molar-refractivity contribution in [3.8, 4) is 0 Å². The summed E-state index contributed by atoms with van der Waals surface area (Å²) in [4.78, 5) is 30.6. The van der Waals surface area contributed by atoms with Gasteiger partial charge in [-0.3, -0.25) is 14.6 Å². The highest BCUT2D eigenvalue weighted by atomic mass is 32.2. The molecule has 2 aromatic rings. The van der Waals surface area contributed by atoms with Crippen LogP contribution >= 0.6 is 23.1 Å². The first-order chi connectivity index (χ1) is 12.2. The monoisotopic (exact) mass is 377 g/mol. The number of hydrogen-bond donors (Lipinski definition) is 1. The van der Waals surface area contributed by atoms with E-state index in [1.807, 2.05) is 18.3 Å². The van der Waals surface area contributed by atoms with Gasteiger partial charge in [0.05, 0.1) is 11.7 Å². The summed E-state index contributed by atoms with van der Waals surface area (Å²) >= 11 is 2.86. The topological polar surface area (TPSA) is 88.1 Å². The zero-order chi connectivity index (χ0) is 17.5. The van der Waals surface area contributed by atoms with Gasteiger partial charge in [0.15, 0.2) is 0 Å². The zero-order valence-corrected chi connectivity index (χ0v) is 15.3. The van der Waals surface area contributed by atoms with E-state index < -0.39 is 0 Å². The normalized spacial score (nSPS) is 17.3. The summed E-state index contributed by atoms with van der Waals surface area (Å²) in [6.07, 6.45) is 5.18. The highest BCUT2D eigenvalue weighted by molar-refractivity contribution is 7.99. The largest absolute Gasteiger partial charge is 0.341 e. The summed E-state index contributed by atoms with van der Waals surface area (Å²) < 4.78 is 0. The van der Waals surface area contributed by atoms with E-state index in [1.165, 1.54) is 11.3 Å². The Bertz CT molecular complexity index is 696. The lowest BCUT2D eigenvalue weighted by Gasteiger charge is -2.31. The van der Waals surface area contributed by atoms with Gasteiger partial charge in [0.1, 0.15) is 5.51 Å². The van der Waals surface area contributed by atoms with Crippen molar-refractivity contribution in [3.63, 3.8) is 0 Å². The van der Waals surface area contributed by atoms with Crippen LogP contribution in [0.3, 0.4) is 0 Å². The number of carbonyl (C=O) groups excluding carboxylic acids is 2. The molecule has 1 aliphatic rings. The van der Waals surface area contributed by atoms with Gasteiger partial charge in [-0.1, -0.05) is 17.4 Å². The average Bonchev–Trinajstić information content (AvgIpc) is 3.15. The number of aromatic nitrogens is 3. The maximum absolute atomic E-state index is 12.4. The summed E-state index contributed by atoms with van der Waals surface area (Å²) in [6.45, 7) is 1.19. The van der Waals surface area contributed by atoms with E-state index in [0.29, 0.717) is 17.4 Å². The van der Waals surface area contributed by atoms with Crippen LogP contribution in [0.5, 0.6) is 0 Å². The van der Waals surface area contributed by atoms with E-state index in [9.17, 15) is 9.59 Å². The molecular weight excluding hydrogens is 358 g/mol. The Morgan fingerprint density at radius 1 is 1.44 bits per heavy atom. The number of likely N-dealkylation sites (tertiary alicyclic amines) is 1. The maximum Gasteiger partial charge on any atom is 0.232 e. The third-order valence-corrected chi connectivity index (χ3v) is 5.55. The third kappa shape index (κ3) is 5.23. The van der Waals surface area contributed by atoms with Crippen molar-refractivity contribution in [2.45, 2.75) is 18.6 Å². The number of nitrogens with one attached hydrogen (secondary N) is 1. The molecule has 3 rings (SSSR count). The van der Waals surface area contributed by atoms with Crippen molar-refractivity contribution in [1.82, 2.24) is 20.1 Å². The molecule has 1 saturated heterocycles. The molecule has 7 nitrogen and oxygen atoms in total. The van der Waals surface area contributed by atoms with E-state index >= 15 is 0 Å². The van der Waals surface area contributed by atoms with Gasteiger partial charge >= 0.3 is 0 Å². The van der Waals surface area contributed by atoms with Gasteiger partial charge in [0.2, 0.25) is 16.9 Å². The second-order valence-corrected chi connectivity index (χ2v) is 7.58. The van der Waals surface area contributed by atoms with Crippen LogP contribution in [0.2, 0.25) is 0 Å². The average molecular weight is 377 g/mol. The minimum atomic E-state index is -0.190. The fraction of sp³-hybridized carbons (Fsp3) is 0.438. The van der Waals surface area contributed by atoms with Crippen LogP contribution in [0.1, 0.15) is 18.4 Å². The summed E-state index contributed by atoms with van der Waals surface area (Å²) in [5.74, 6) is 0.984. The van der Waals surface area contributed by atoms with Gasteiger partial charge in [-0.05, 0) is 24.5 Å². The maximum atomic E-state index is 12.4. The summed E-state index contributed by atoms with van der Waals surface area (Å²) in [5.41, 5.74) is 2.68. The molecule has 25 heavy (non-hydrogen) atoms. The Hall–Kier alpha value is -2.00.